The van der Waals surface area contributed by atoms with Gasteiger partial charge in [-0.15, -0.1) is 0 Å². The van der Waals surface area contributed by atoms with E-state index in [1.807, 2.05) is 0 Å². The van der Waals surface area contributed by atoms with E-state index in [1.54, 1.807) is 0 Å². The van der Waals surface area contributed by atoms with Crippen LogP contribution < -0.4 is 5.32 Å². The third-order valence-corrected chi connectivity index (χ3v) is 12.4. The molecule has 3 atom stereocenters. The molecule has 3 unspecified atom stereocenters. The Bertz CT molecular complexity index is 1080. The van der Waals surface area contributed by atoms with Crippen LogP contribution in [-0.2, 0) is 14.3 Å². The summed E-state index contributed by atoms with van der Waals surface area (Å²) >= 11 is 0. The van der Waals surface area contributed by atoms with E-state index in [9.17, 15) is 19.8 Å². The average Bonchev–Trinajstić information content (AvgIpc) is 3.28. The zero-order valence-corrected chi connectivity index (χ0v) is 42.0. The Morgan fingerprint density at radius 3 is 1.22 bits per heavy atom. The molecular formula is C57H105NO5. The van der Waals surface area contributed by atoms with Gasteiger partial charge < -0.3 is 20.3 Å². The molecule has 0 aliphatic rings. The molecule has 0 spiro atoms. The van der Waals surface area contributed by atoms with Crippen LogP contribution in [0.25, 0.3) is 0 Å². The first-order valence-electron chi connectivity index (χ1n) is 27.4. The van der Waals surface area contributed by atoms with Crippen LogP contribution in [0.1, 0.15) is 278 Å². The van der Waals surface area contributed by atoms with Crippen molar-refractivity contribution in [1.29, 1.82) is 0 Å². The van der Waals surface area contributed by atoms with E-state index in [1.165, 1.54) is 161 Å². The summed E-state index contributed by atoms with van der Waals surface area (Å²) in [6, 6.07) is -0.711. The molecule has 0 saturated carbocycles. The number of aliphatic hydroxyl groups excluding tert-OH is 2. The van der Waals surface area contributed by atoms with Gasteiger partial charge in [-0.3, -0.25) is 9.59 Å². The van der Waals surface area contributed by atoms with Gasteiger partial charge >= 0.3 is 5.97 Å². The van der Waals surface area contributed by atoms with Gasteiger partial charge in [-0.1, -0.05) is 249 Å². The predicted octanol–water partition coefficient (Wildman–Crippen LogP) is 16.6. The van der Waals surface area contributed by atoms with Crippen molar-refractivity contribution in [2.75, 3.05) is 6.61 Å². The van der Waals surface area contributed by atoms with Crippen LogP contribution in [0.2, 0.25) is 0 Å². The topological polar surface area (TPSA) is 95.9 Å². The second-order valence-electron chi connectivity index (χ2n) is 18.6. The van der Waals surface area contributed by atoms with Gasteiger partial charge in [0.2, 0.25) is 5.91 Å². The molecule has 0 bridgehead atoms. The number of amides is 1. The minimum absolute atomic E-state index is 0.0585. The number of nitrogens with one attached hydrogen (secondary N) is 1. The fraction of sp³-hybridized carbons (Fsp3) is 0.825. The first-order chi connectivity index (χ1) is 31.0. The highest BCUT2D eigenvalue weighted by Crippen LogP contribution is 2.18. The minimum atomic E-state index is -0.795. The molecule has 63 heavy (non-hydrogen) atoms. The molecule has 6 nitrogen and oxygen atoms in total. The summed E-state index contributed by atoms with van der Waals surface area (Å²) in [5.41, 5.74) is 0. The highest BCUT2D eigenvalue weighted by molar-refractivity contribution is 5.77. The maximum atomic E-state index is 13.2. The fourth-order valence-electron chi connectivity index (χ4n) is 8.25. The van der Waals surface area contributed by atoms with E-state index >= 15 is 0 Å². The van der Waals surface area contributed by atoms with Crippen LogP contribution in [0.4, 0.5) is 0 Å². The lowest BCUT2D eigenvalue weighted by Gasteiger charge is -2.24. The third-order valence-electron chi connectivity index (χ3n) is 12.4. The Labute approximate surface area is 391 Å². The van der Waals surface area contributed by atoms with E-state index in [2.05, 4.69) is 74.7 Å². The molecule has 0 aliphatic heterocycles. The number of esters is 1. The van der Waals surface area contributed by atoms with Gasteiger partial charge in [0.05, 0.1) is 25.2 Å². The SMILES string of the molecule is CCCCC/C=C\C/C=C\C/C=C\C/C=C\CCCC(=O)OC(CCCCCCCCCCCCC)CC(=O)NC(CO)C(O)CCCCCCCCCCCCCCCCCC. The number of hydrogen-bond acceptors (Lipinski definition) is 5. The number of allylic oxidation sites excluding steroid dienone is 8. The molecule has 0 aromatic heterocycles. The highest BCUT2D eigenvalue weighted by atomic mass is 16.5. The van der Waals surface area contributed by atoms with Crippen LogP contribution >= 0.6 is 0 Å². The minimum Gasteiger partial charge on any atom is -0.462 e. The van der Waals surface area contributed by atoms with Crippen LogP contribution in [-0.4, -0.2) is 46.9 Å². The number of aliphatic hydroxyl groups is 2. The zero-order chi connectivity index (χ0) is 45.9. The van der Waals surface area contributed by atoms with Crippen LogP contribution in [0, 0.1) is 0 Å². The third kappa shape index (κ3) is 46.2. The smallest absolute Gasteiger partial charge is 0.306 e. The van der Waals surface area contributed by atoms with E-state index in [-0.39, 0.29) is 24.9 Å². The van der Waals surface area contributed by atoms with Crippen molar-refractivity contribution in [3.8, 4) is 0 Å². The summed E-state index contributed by atoms with van der Waals surface area (Å²) in [4.78, 5) is 26.1. The van der Waals surface area contributed by atoms with Crippen molar-refractivity contribution < 1.29 is 24.5 Å². The van der Waals surface area contributed by atoms with Crippen molar-refractivity contribution in [2.45, 2.75) is 296 Å². The number of ether oxygens (including phenoxy) is 1. The van der Waals surface area contributed by atoms with E-state index < -0.39 is 18.2 Å². The summed E-state index contributed by atoms with van der Waals surface area (Å²) in [6.45, 7) is 6.46. The summed E-state index contributed by atoms with van der Waals surface area (Å²) in [5.74, 6) is -0.531. The Morgan fingerprint density at radius 1 is 0.460 bits per heavy atom. The Morgan fingerprint density at radius 2 is 0.810 bits per heavy atom. The van der Waals surface area contributed by atoms with Gasteiger partial charge in [-0.05, 0) is 64.2 Å². The molecule has 368 valence electrons. The Hall–Kier alpha value is -2.18. The molecule has 0 saturated heterocycles. The second kappa shape index (κ2) is 50.8. The Kier molecular flexibility index (Phi) is 49.1. The molecule has 3 N–H and O–H groups in total. The summed E-state index contributed by atoms with van der Waals surface area (Å²) in [7, 11) is 0. The lowest BCUT2D eigenvalue weighted by molar-refractivity contribution is -0.151. The first-order valence-corrected chi connectivity index (χ1v) is 27.4. The number of carbonyl (C=O) groups excluding carboxylic acids is 2. The molecule has 0 radical (unpaired) electrons. The lowest BCUT2D eigenvalue weighted by Crippen LogP contribution is -2.46. The van der Waals surface area contributed by atoms with Crippen molar-refractivity contribution in [3.63, 3.8) is 0 Å². The van der Waals surface area contributed by atoms with Crippen LogP contribution in [0.5, 0.6) is 0 Å². The molecule has 1 amide bonds. The molecule has 6 heteroatoms. The van der Waals surface area contributed by atoms with Crippen LogP contribution in [0.15, 0.2) is 48.6 Å². The monoisotopic (exact) mass is 884 g/mol. The van der Waals surface area contributed by atoms with Crippen LogP contribution in [0.3, 0.4) is 0 Å². The van der Waals surface area contributed by atoms with E-state index in [0.29, 0.717) is 25.7 Å². The highest BCUT2D eigenvalue weighted by Gasteiger charge is 2.24. The normalized spacial score (nSPS) is 13.5. The van der Waals surface area contributed by atoms with Crippen molar-refractivity contribution in [1.82, 2.24) is 5.32 Å². The summed E-state index contributed by atoms with van der Waals surface area (Å²) < 4.78 is 5.91. The molecule has 0 heterocycles. The van der Waals surface area contributed by atoms with Gasteiger partial charge in [0, 0.05) is 6.42 Å². The second-order valence-corrected chi connectivity index (χ2v) is 18.6. The number of unbranched alkanes of at least 4 members (excludes halogenated alkanes) is 29. The molecule has 0 aliphatic carbocycles. The molecule has 0 fully saturated rings. The van der Waals surface area contributed by atoms with Gasteiger partial charge in [-0.25, -0.2) is 0 Å². The predicted molar refractivity (Wildman–Crippen MR) is 273 cm³/mol. The summed E-state index contributed by atoms with van der Waals surface area (Å²) in [5, 5.41) is 23.8. The van der Waals surface area contributed by atoms with Gasteiger partial charge in [0.1, 0.15) is 6.10 Å². The number of hydrogen-bond donors (Lipinski definition) is 3. The molecule has 0 aromatic rings. The first kappa shape index (κ1) is 60.8. The molecule has 0 aromatic carbocycles. The van der Waals surface area contributed by atoms with Crippen molar-refractivity contribution in [3.05, 3.63) is 48.6 Å². The van der Waals surface area contributed by atoms with Gasteiger partial charge in [0.15, 0.2) is 0 Å². The zero-order valence-electron chi connectivity index (χ0n) is 42.0. The standard InChI is InChI=1S/C57H105NO5/c1-4-7-10-13-16-19-22-24-26-28-30-32-35-38-41-44-47-50-57(62)63-53(48-45-42-39-36-33-21-18-15-12-9-6-3)51-56(61)58-54(52-59)55(60)49-46-43-40-37-34-31-29-27-25-23-20-17-14-11-8-5-2/h16,19,24,26,30,32,38,41,53-55,59-60H,4-15,17-18,20-23,25,27-29,31,33-37,39-40,42-52H2,1-3H3,(H,58,61)/b19-16-,26-24-,32-30-,41-38-. The van der Waals surface area contributed by atoms with Crippen molar-refractivity contribution >= 4 is 11.9 Å². The molecular weight excluding hydrogens is 779 g/mol. The number of rotatable bonds is 49. The maximum Gasteiger partial charge on any atom is 0.306 e. The number of carbonyl (C=O) groups is 2. The van der Waals surface area contributed by atoms with E-state index in [4.69, 9.17) is 4.74 Å². The van der Waals surface area contributed by atoms with Gasteiger partial charge in [-0.2, -0.15) is 0 Å². The lowest BCUT2D eigenvalue weighted by atomic mass is 10.0. The summed E-state index contributed by atoms with van der Waals surface area (Å²) in [6.07, 6.45) is 61.7. The molecule has 0 rings (SSSR count). The quantitative estimate of drug-likeness (QED) is 0.0321. The Balaban J connectivity index is 4.56. The van der Waals surface area contributed by atoms with Crippen molar-refractivity contribution in [2.24, 2.45) is 0 Å². The average molecular weight is 884 g/mol. The largest absolute Gasteiger partial charge is 0.462 e. The maximum absolute atomic E-state index is 13.2. The van der Waals surface area contributed by atoms with Gasteiger partial charge in [0.25, 0.3) is 0 Å². The van der Waals surface area contributed by atoms with E-state index in [0.717, 1.165) is 64.2 Å². The fourth-order valence-corrected chi connectivity index (χ4v) is 8.25.